The number of hydrazone groups is 1. The van der Waals surface area contributed by atoms with Crippen molar-refractivity contribution >= 4 is 12.2 Å². The summed E-state index contributed by atoms with van der Waals surface area (Å²) < 4.78 is 0. The fourth-order valence-electron chi connectivity index (χ4n) is 0.290. The molecule has 0 aromatic rings. The molecule has 3 N–H and O–H groups in total. The average Bonchev–Trinajstić information content (AvgIpc) is 1.59. The Bertz CT molecular complexity index is 146. The van der Waals surface area contributed by atoms with E-state index in [0.717, 1.165) is 0 Å². The highest BCUT2D eigenvalue weighted by Crippen LogP contribution is 2.07. The largest absolute Gasteiger partial charge is 0.350 e. The Balaban J connectivity index is 3.67. The molecule has 0 aromatic carbocycles. The molecular weight excluding hydrogens is 130 g/mol. The normalized spacial score (nSPS) is 11.9. The Morgan fingerprint density at radius 1 is 1.60 bits per heavy atom. The van der Waals surface area contributed by atoms with E-state index in [2.05, 4.69) is 10.5 Å². The van der Waals surface area contributed by atoms with Gasteiger partial charge in [-0.1, -0.05) is 20.8 Å². The molecule has 0 fully saturated rings. The molecule has 0 aliphatic carbocycles. The quantitative estimate of drug-likeness (QED) is 0.411. The summed E-state index contributed by atoms with van der Waals surface area (Å²) in [5, 5.41) is 3.59. The maximum Gasteiger partial charge on any atom is 0.332 e. The van der Waals surface area contributed by atoms with E-state index < -0.39 is 6.03 Å². The van der Waals surface area contributed by atoms with Crippen molar-refractivity contribution in [1.82, 2.24) is 5.43 Å². The van der Waals surface area contributed by atoms with Gasteiger partial charge in [-0.25, -0.2) is 10.2 Å². The van der Waals surface area contributed by atoms with Crippen LogP contribution in [-0.4, -0.2) is 12.2 Å². The number of rotatable bonds is 1. The average molecular weight is 143 g/mol. The Labute approximate surface area is 60.5 Å². The summed E-state index contributed by atoms with van der Waals surface area (Å²) in [6.45, 7) is 5.91. The van der Waals surface area contributed by atoms with Crippen molar-refractivity contribution in [1.29, 1.82) is 0 Å². The van der Waals surface area contributed by atoms with Crippen LogP contribution in [-0.2, 0) is 0 Å². The Hall–Kier alpha value is -1.06. The van der Waals surface area contributed by atoms with Crippen LogP contribution in [0.15, 0.2) is 5.10 Å². The van der Waals surface area contributed by atoms with Crippen molar-refractivity contribution in [2.45, 2.75) is 20.8 Å². The minimum absolute atomic E-state index is 0.0253. The summed E-state index contributed by atoms with van der Waals surface area (Å²) in [6, 6.07) is -0.638. The van der Waals surface area contributed by atoms with Crippen LogP contribution in [0.3, 0.4) is 0 Å². The van der Waals surface area contributed by atoms with E-state index in [1.165, 1.54) is 0 Å². The summed E-state index contributed by atoms with van der Waals surface area (Å²) >= 11 is 0. The number of amides is 2. The molecule has 0 heterocycles. The zero-order valence-corrected chi connectivity index (χ0v) is 6.51. The molecule has 0 saturated carbocycles. The second kappa shape index (κ2) is 3.20. The number of carbonyl (C=O) groups excluding carboxylic acids is 1. The van der Waals surface area contributed by atoms with Crippen molar-refractivity contribution in [2.24, 2.45) is 16.3 Å². The minimum Gasteiger partial charge on any atom is -0.350 e. The lowest BCUT2D eigenvalue weighted by atomic mass is 9.99. The minimum atomic E-state index is -0.638. The summed E-state index contributed by atoms with van der Waals surface area (Å²) in [6.07, 6.45) is 1.62. The highest BCUT2D eigenvalue weighted by Gasteiger charge is 2.04. The molecule has 0 spiro atoms. The topological polar surface area (TPSA) is 67.5 Å². The molecule has 0 bridgehead atoms. The van der Waals surface area contributed by atoms with Gasteiger partial charge in [0.05, 0.1) is 0 Å². The highest BCUT2D eigenvalue weighted by molar-refractivity contribution is 5.73. The molecule has 0 aromatic heterocycles. The van der Waals surface area contributed by atoms with E-state index in [1.807, 2.05) is 20.8 Å². The molecule has 2 amide bonds. The molecule has 4 nitrogen and oxygen atoms in total. The van der Waals surface area contributed by atoms with Crippen LogP contribution in [0.25, 0.3) is 0 Å². The maximum absolute atomic E-state index is 10.1. The number of nitrogens with one attached hydrogen (secondary N) is 1. The molecule has 0 aliphatic heterocycles. The third-order valence-electron chi connectivity index (χ3n) is 0.627. The third kappa shape index (κ3) is 6.94. The van der Waals surface area contributed by atoms with Crippen LogP contribution >= 0.6 is 0 Å². The van der Waals surface area contributed by atoms with Gasteiger partial charge in [0.2, 0.25) is 0 Å². The van der Waals surface area contributed by atoms with E-state index >= 15 is 0 Å². The van der Waals surface area contributed by atoms with Crippen LogP contribution in [0, 0.1) is 5.41 Å². The fourth-order valence-corrected chi connectivity index (χ4v) is 0.290. The van der Waals surface area contributed by atoms with Crippen LogP contribution in [0.5, 0.6) is 0 Å². The highest BCUT2D eigenvalue weighted by atomic mass is 16.2. The van der Waals surface area contributed by atoms with Crippen LogP contribution < -0.4 is 11.2 Å². The molecule has 4 heteroatoms. The van der Waals surface area contributed by atoms with Gasteiger partial charge >= 0.3 is 6.03 Å². The molecule has 0 unspecified atom stereocenters. The predicted octanol–water partition coefficient (Wildman–Crippen LogP) is 0.687. The number of nitrogens with zero attached hydrogens (tertiary/aromatic N) is 1. The molecule has 0 radical (unpaired) electrons. The lowest BCUT2D eigenvalue weighted by Gasteiger charge is -2.08. The monoisotopic (exact) mass is 143 g/mol. The van der Waals surface area contributed by atoms with Crippen LogP contribution in [0.1, 0.15) is 20.8 Å². The summed E-state index contributed by atoms with van der Waals surface area (Å²) in [4.78, 5) is 10.1. The van der Waals surface area contributed by atoms with Crippen molar-refractivity contribution in [2.75, 3.05) is 0 Å². The van der Waals surface area contributed by atoms with Crippen molar-refractivity contribution < 1.29 is 4.79 Å². The molecule has 0 rings (SSSR count). The van der Waals surface area contributed by atoms with Gasteiger partial charge in [0, 0.05) is 6.21 Å². The van der Waals surface area contributed by atoms with Gasteiger partial charge in [-0.3, -0.25) is 0 Å². The van der Waals surface area contributed by atoms with Crippen LogP contribution in [0.2, 0.25) is 0 Å². The van der Waals surface area contributed by atoms with E-state index in [-0.39, 0.29) is 5.41 Å². The number of hydrogen-bond acceptors (Lipinski definition) is 2. The Morgan fingerprint density at radius 2 is 2.10 bits per heavy atom. The van der Waals surface area contributed by atoms with Gasteiger partial charge in [-0.2, -0.15) is 5.10 Å². The first-order valence-electron chi connectivity index (χ1n) is 3.01. The molecule has 0 aliphatic rings. The first-order valence-corrected chi connectivity index (χ1v) is 3.01. The fraction of sp³-hybridized carbons (Fsp3) is 0.667. The van der Waals surface area contributed by atoms with Crippen molar-refractivity contribution in [3.8, 4) is 0 Å². The second-order valence-electron chi connectivity index (χ2n) is 3.10. The molecule has 10 heavy (non-hydrogen) atoms. The summed E-state index contributed by atoms with van der Waals surface area (Å²) in [5.74, 6) is 0. The smallest absolute Gasteiger partial charge is 0.332 e. The Morgan fingerprint density at radius 3 is 2.40 bits per heavy atom. The first-order chi connectivity index (χ1) is 4.42. The van der Waals surface area contributed by atoms with E-state index in [0.29, 0.717) is 0 Å². The molecule has 0 atom stereocenters. The van der Waals surface area contributed by atoms with E-state index in [9.17, 15) is 4.79 Å². The van der Waals surface area contributed by atoms with E-state index in [1.54, 1.807) is 6.21 Å². The van der Waals surface area contributed by atoms with Gasteiger partial charge in [0.15, 0.2) is 0 Å². The standard InChI is InChI=1S/C6H13N3O/c1-6(2,3)4-8-9-5(7)10/h4H,1-3H3,(H3,7,9,10)/b8-4-. The predicted molar refractivity (Wildman–Crippen MR) is 40.7 cm³/mol. The Kier molecular flexibility index (Phi) is 2.86. The molecule has 0 saturated heterocycles. The maximum atomic E-state index is 10.1. The van der Waals surface area contributed by atoms with Gasteiger partial charge in [0.1, 0.15) is 0 Å². The zero-order valence-electron chi connectivity index (χ0n) is 6.51. The third-order valence-corrected chi connectivity index (χ3v) is 0.627. The number of hydrogen-bond donors (Lipinski definition) is 2. The second-order valence-corrected chi connectivity index (χ2v) is 3.10. The molecular formula is C6H13N3O. The lowest BCUT2D eigenvalue weighted by molar-refractivity contribution is 0.249. The SMILES string of the molecule is CC(C)(C)/C=N\NC(N)=O. The number of urea groups is 1. The first kappa shape index (κ1) is 8.94. The van der Waals surface area contributed by atoms with Gasteiger partial charge in [-0.05, 0) is 5.41 Å². The van der Waals surface area contributed by atoms with Crippen LogP contribution in [0.4, 0.5) is 4.79 Å². The van der Waals surface area contributed by atoms with Crippen molar-refractivity contribution in [3.05, 3.63) is 0 Å². The zero-order chi connectivity index (χ0) is 8.20. The number of primary amides is 1. The number of carbonyl (C=O) groups is 1. The number of nitrogens with two attached hydrogens (primary N) is 1. The summed E-state index contributed by atoms with van der Waals surface area (Å²) in [7, 11) is 0. The van der Waals surface area contributed by atoms with Gasteiger partial charge in [-0.15, -0.1) is 0 Å². The lowest BCUT2D eigenvalue weighted by Crippen LogP contribution is -2.25. The van der Waals surface area contributed by atoms with Gasteiger partial charge < -0.3 is 5.73 Å². The van der Waals surface area contributed by atoms with E-state index in [4.69, 9.17) is 5.73 Å². The summed E-state index contributed by atoms with van der Waals surface area (Å²) in [5.41, 5.74) is 6.84. The van der Waals surface area contributed by atoms with Gasteiger partial charge in [0.25, 0.3) is 0 Å². The van der Waals surface area contributed by atoms with Crippen molar-refractivity contribution in [3.63, 3.8) is 0 Å². The molecule has 58 valence electrons.